The Kier molecular flexibility index (Phi) is 38.8. The number of phosphoric acid groups is 1. The van der Waals surface area contributed by atoms with Gasteiger partial charge in [-0.05, 0) is 57.8 Å². The second-order valence-corrected chi connectivity index (χ2v) is 15.0. The fraction of sp³-hybridized carbons (Fsp3) is 0.644. The average molecular weight is 790 g/mol. The van der Waals surface area contributed by atoms with Crippen molar-refractivity contribution in [1.29, 1.82) is 0 Å². The van der Waals surface area contributed by atoms with Crippen molar-refractivity contribution in [3.63, 3.8) is 0 Å². The van der Waals surface area contributed by atoms with Crippen molar-refractivity contribution in [2.24, 2.45) is 5.73 Å². The van der Waals surface area contributed by atoms with Crippen LogP contribution in [-0.4, -0.2) is 49.3 Å². The summed E-state index contributed by atoms with van der Waals surface area (Å²) in [6, 6.07) is 0. The molecular formula is C45H76NO8P. The lowest BCUT2D eigenvalue weighted by molar-refractivity contribution is -0.159. The van der Waals surface area contributed by atoms with Crippen molar-refractivity contribution in [3.8, 4) is 0 Å². The zero-order valence-electron chi connectivity index (χ0n) is 34.4. The van der Waals surface area contributed by atoms with Gasteiger partial charge in [-0.1, -0.05) is 170 Å². The molecule has 0 aliphatic heterocycles. The Morgan fingerprint density at radius 2 is 1.07 bits per heavy atom. The maximum absolute atomic E-state index is 12.5. The second-order valence-electron chi connectivity index (χ2n) is 13.6. The fourth-order valence-electron chi connectivity index (χ4n) is 5.24. The van der Waals surface area contributed by atoms with E-state index in [4.69, 9.17) is 24.3 Å². The smallest absolute Gasteiger partial charge is 0.458 e. The molecule has 0 aliphatic carbocycles. The first-order valence-corrected chi connectivity index (χ1v) is 22.6. The molecule has 0 aliphatic rings. The zero-order chi connectivity index (χ0) is 40.3. The lowest BCUT2D eigenvalue weighted by Gasteiger charge is -2.19. The molecule has 0 aromatic heterocycles. The van der Waals surface area contributed by atoms with E-state index >= 15 is 0 Å². The number of hydrogen-bond donors (Lipinski definition) is 2. The largest absolute Gasteiger partial charge is 0.472 e. The summed E-state index contributed by atoms with van der Waals surface area (Å²) < 4.78 is 32.5. The number of esters is 2. The molecule has 0 amide bonds. The van der Waals surface area contributed by atoms with E-state index in [0.717, 1.165) is 38.5 Å². The van der Waals surface area contributed by atoms with Crippen molar-refractivity contribution in [3.05, 3.63) is 85.1 Å². The van der Waals surface area contributed by atoms with Crippen LogP contribution < -0.4 is 5.73 Å². The van der Waals surface area contributed by atoms with Crippen molar-refractivity contribution in [2.45, 2.75) is 161 Å². The van der Waals surface area contributed by atoms with Gasteiger partial charge in [0.1, 0.15) is 6.61 Å². The number of allylic oxidation sites excluding steroid dienone is 13. The molecule has 0 saturated heterocycles. The quantitative estimate of drug-likeness (QED) is 0.0156. The van der Waals surface area contributed by atoms with Crippen molar-refractivity contribution < 1.29 is 37.6 Å². The van der Waals surface area contributed by atoms with Gasteiger partial charge in [0.25, 0.3) is 0 Å². The highest BCUT2D eigenvalue weighted by Gasteiger charge is 2.25. The number of hydrogen-bond acceptors (Lipinski definition) is 8. The summed E-state index contributed by atoms with van der Waals surface area (Å²) in [5.74, 6) is -1.18. The standard InChI is InChI=1S/C45H76NO8P/c1-3-5-7-9-11-13-15-17-19-20-21-22-24-26-28-30-32-34-36-38-45(48)54-43(42-53-55(49,50)52-40-39-46)41-51-44(47)37-35-33-31-29-27-25-23-18-16-14-12-10-8-6-4-2/h11,13,17,19,21-22,26,28,31-35,37,43H,3-10,12,14-16,18,20,23-25,27,29-30,36,38-42,46H2,1-2H3,(H,49,50)/b13-11+,19-17+,22-21+,28-26+,33-31+,34-32+,37-35+/t43-/m1/s1. The lowest BCUT2D eigenvalue weighted by Crippen LogP contribution is -2.29. The number of carbonyl (C=O) groups is 2. The molecule has 0 rings (SSSR count). The number of unbranched alkanes of at least 4 members (excludes halogenated alkanes) is 14. The number of carbonyl (C=O) groups excluding carboxylic acids is 2. The van der Waals surface area contributed by atoms with E-state index < -0.39 is 32.5 Å². The van der Waals surface area contributed by atoms with E-state index in [2.05, 4.69) is 62.5 Å². The maximum Gasteiger partial charge on any atom is 0.472 e. The van der Waals surface area contributed by atoms with Gasteiger partial charge in [0.15, 0.2) is 6.10 Å². The Balaban J connectivity index is 4.42. The molecule has 0 saturated carbocycles. The molecule has 1 unspecified atom stereocenters. The summed E-state index contributed by atoms with van der Waals surface area (Å²) in [7, 11) is -4.42. The molecule has 10 heteroatoms. The molecule has 55 heavy (non-hydrogen) atoms. The summed E-state index contributed by atoms with van der Waals surface area (Å²) in [5.41, 5.74) is 5.33. The first kappa shape index (κ1) is 52.2. The van der Waals surface area contributed by atoms with E-state index in [9.17, 15) is 19.0 Å². The van der Waals surface area contributed by atoms with E-state index in [1.807, 2.05) is 24.3 Å². The SMILES string of the molecule is CCCCC/C=C/C/C=C/C/C=C/C/C=C/C/C=C/CCC(=O)O[C@H](COC(=O)/C=C/C=C/CCCCCCCCCCCCC)COP(=O)(O)OCCN. The van der Waals surface area contributed by atoms with Crippen LogP contribution in [0.25, 0.3) is 0 Å². The third-order valence-electron chi connectivity index (χ3n) is 8.37. The van der Waals surface area contributed by atoms with Crippen LogP contribution in [0.4, 0.5) is 0 Å². The number of phosphoric ester groups is 1. The minimum atomic E-state index is -4.42. The monoisotopic (exact) mass is 790 g/mol. The molecule has 0 radical (unpaired) electrons. The molecule has 3 N–H and O–H groups in total. The molecule has 0 fully saturated rings. The van der Waals surface area contributed by atoms with Crippen LogP contribution >= 0.6 is 7.82 Å². The van der Waals surface area contributed by atoms with Crippen LogP contribution in [0, 0.1) is 0 Å². The molecule has 0 aromatic rings. The van der Waals surface area contributed by atoms with Gasteiger partial charge in [-0.15, -0.1) is 0 Å². The first-order chi connectivity index (χ1) is 26.8. The van der Waals surface area contributed by atoms with Gasteiger partial charge in [0.05, 0.1) is 13.2 Å². The Labute approximate surface area is 334 Å². The average Bonchev–Trinajstić information content (AvgIpc) is 3.17. The number of nitrogens with two attached hydrogens (primary N) is 1. The van der Waals surface area contributed by atoms with Crippen LogP contribution in [0.1, 0.15) is 155 Å². The molecule has 0 heterocycles. The molecule has 0 aromatic carbocycles. The normalized spacial score (nSPS) is 14.2. The third kappa shape index (κ3) is 40.7. The van der Waals surface area contributed by atoms with Crippen molar-refractivity contribution in [2.75, 3.05) is 26.4 Å². The van der Waals surface area contributed by atoms with Crippen molar-refractivity contribution >= 4 is 19.8 Å². The predicted molar refractivity (Wildman–Crippen MR) is 229 cm³/mol. The topological polar surface area (TPSA) is 134 Å². The molecule has 9 nitrogen and oxygen atoms in total. The minimum Gasteiger partial charge on any atom is -0.458 e. The molecule has 0 bridgehead atoms. The third-order valence-corrected chi connectivity index (χ3v) is 9.35. The summed E-state index contributed by atoms with van der Waals surface area (Å²) >= 11 is 0. The van der Waals surface area contributed by atoms with Gasteiger partial charge in [0, 0.05) is 19.0 Å². The number of rotatable bonds is 38. The fourth-order valence-corrected chi connectivity index (χ4v) is 6.00. The van der Waals surface area contributed by atoms with Gasteiger partial charge >= 0.3 is 19.8 Å². The van der Waals surface area contributed by atoms with E-state index in [-0.39, 0.29) is 26.2 Å². The lowest BCUT2D eigenvalue weighted by atomic mass is 10.1. The molecule has 314 valence electrons. The predicted octanol–water partition coefficient (Wildman–Crippen LogP) is 12.0. The van der Waals surface area contributed by atoms with Crippen LogP contribution in [0.3, 0.4) is 0 Å². The van der Waals surface area contributed by atoms with Gasteiger partial charge in [-0.25, -0.2) is 9.36 Å². The van der Waals surface area contributed by atoms with Gasteiger partial charge < -0.3 is 20.1 Å². The highest BCUT2D eigenvalue weighted by atomic mass is 31.2. The van der Waals surface area contributed by atoms with E-state index in [1.165, 1.54) is 96.0 Å². The summed E-state index contributed by atoms with van der Waals surface area (Å²) in [6.07, 6.45) is 51.2. The zero-order valence-corrected chi connectivity index (χ0v) is 35.3. The van der Waals surface area contributed by atoms with Crippen LogP contribution in [0.15, 0.2) is 85.1 Å². The number of ether oxygens (including phenoxy) is 2. The maximum atomic E-state index is 12.5. The Morgan fingerprint density at radius 3 is 1.64 bits per heavy atom. The minimum absolute atomic E-state index is 0.0277. The Hall–Kier alpha value is -2.81. The summed E-state index contributed by atoms with van der Waals surface area (Å²) in [5, 5.41) is 0. The van der Waals surface area contributed by atoms with E-state index in [0.29, 0.717) is 6.42 Å². The van der Waals surface area contributed by atoms with Crippen LogP contribution in [-0.2, 0) is 32.7 Å². The first-order valence-electron chi connectivity index (χ1n) is 21.1. The molecular weight excluding hydrogens is 713 g/mol. The van der Waals surface area contributed by atoms with Crippen LogP contribution in [0.5, 0.6) is 0 Å². The Morgan fingerprint density at radius 1 is 0.600 bits per heavy atom. The highest BCUT2D eigenvalue weighted by molar-refractivity contribution is 7.47. The highest BCUT2D eigenvalue weighted by Crippen LogP contribution is 2.43. The van der Waals surface area contributed by atoms with Crippen molar-refractivity contribution in [1.82, 2.24) is 0 Å². The van der Waals surface area contributed by atoms with Gasteiger partial charge in [0.2, 0.25) is 0 Å². The summed E-state index contributed by atoms with van der Waals surface area (Å²) in [6.45, 7) is 3.47. The second kappa shape index (κ2) is 40.8. The molecule has 0 spiro atoms. The van der Waals surface area contributed by atoms with Gasteiger partial charge in [-0.3, -0.25) is 13.8 Å². The Bertz CT molecular complexity index is 1170. The van der Waals surface area contributed by atoms with E-state index in [1.54, 1.807) is 6.08 Å². The molecule has 2 atom stereocenters. The van der Waals surface area contributed by atoms with Gasteiger partial charge in [-0.2, -0.15) is 0 Å². The summed E-state index contributed by atoms with van der Waals surface area (Å²) in [4.78, 5) is 34.7. The van der Waals surface area contributed by atoms with Crippen LogP contribution in [0.2, 0.25) is 0 Å².